The molecule has 0 fully saturated rings. The Balaban J connectivity index is 2.34. The van der Waals surface area contributed by atoms with E-state index in [4.69, 9.17) is 0 Å². The van der Waals surface area contributed by atoms with Crippen LogP contribution in [0, 0.1) is 5.21 Å². The molecule has 60 valence electrons. The number of fused-ring (bicyclic) bond motifs is 1. The van der Waals surface area contributed by atoms with Crippen molar-refractivity contribution in [3.05, 3.63) is 21.5 Å². The molecule has 1 aromatic rings. The highest BCUT2D eigenvalue weighted by Gasteiger charge is 2.08. The molecule has 2 nitrogen and oxygen atoms in total. The molecular weight excluding hydrogens is 158 g/mol. The molecule has 0 bridgehead atoms. The van der Waals surface area contributed by atoms with Gasteiger partial charge in [-0.05, 0) is 30.7 Å². The standard InChI is InChI=1S/C8H10NOS/c10-9-5-2-1-3-8-7(9)4-6-11-8/h4,6H,1-3,5H2/q-1. The average Bonchev–Trinajstić information content (AvgIpc) is 2.40. The van der Waals surface area contributed by atoms with Crippen LogP contribution < -0.4 is 5.06 Å². The summed E-state index contributed by atoms with van der Waals surface area (Å²) >= 11 is 1.70. The number of rotatable bonds is 0. The number of hydrogen-bond acceptors (Lipinski definition) is 3. The van der Waals surface area contributed by atoms with Gasteiger partial charge in [-0.1, -0.05) is 0 Å². The largest absolute Gasteiger partial charge is 0.758 e. The van der Waals surface area contributed by atoms with Crippen LogP contribution >= 0.6 is 11.3 Å². The van der Waals surface area contributed by atoms with Crippen LogP contribution in [0.2, 0.25) is 0 Å². The number of nitrogens with zero attached hydrogens (tertiary/aromatic N) is 1. The number of thiophene rings is 1. The number of hydrogen-bond donors (Lipinski definition) is 0. The molecule has 0 amide bonds. The minimum absolute atomic E-state index is 0.670. The molecule has 0 radical (unpaired) electrons. The summed E-state index contributed by atoms with van der Waals surface area (Å²) in [5, 5.41) is 14.4. The van der Waals surface area contributed by atoms with Gasteiger partial charge in [0.1, 0.15) is 0 Å². The van der Waals surface area contributed by atoms with Crippen molar-refractivity contribution < 1.29 is 0 Å². The van der Waals surface area contributed by atoms with Gasteiger partial charge in [-0.3, -0.25) is 0 Å². The summed E-state index contributed by atoms with van der Waals surface area (Å²) in [4.78, 5) is 1.26. The lowest BCUT2D eigenvalue weighted by Gasteiger charge is -2.28. The molecular formula is C8H10NOS-. The Morgan fingerprint density at radius 3 is 3.27 bits per heavy atom. The zero-order valence-corrected chi connectivity index (χ0v) is 7.06. The van der Waals surface area contributed by atoms with Crippen LogP contribution in [0.25, 0.3) is 0 Å². The predicted molar refractivity (Wildman–Crippen MR) is 48.0 cm³/mol. The third-order valence-corrected chi connectivity index (χ3v) is 2.98. The second kappa shape index (κ2) is 2.83. The van der Waals surface area contributed by atoms with Crippen molar-refractivity contribution in [3.8, 4) is 0 Å². The molecule has 0 aromatic carbocycles. The Morgan fingerprint density at radius 1 is 1.45 bits per heavy atom. The van der Waals surface area contributed by atoms with E-state index in [0.717, 1.165) is 30.0 Å². The molecule has 11 heavy (non-hydrogen) atoms. The minimum Gasteiger partial charge on any atom is -0.758 e. The summed E-state index contributed by atoms with van der Waals surface area (Å²) in [5.41, 5.74) is 0.910. The van der Waals surface area contributed by atoms with Crippen LogP contribution in [-0.2, 0) is 6.42 Å². The maximum atomic E-state index is 11.3. The van der Waals surface area contributed by atoms with E-state index in [1.54, 1.807) is 11.3 Å². The van der Waals surface area contributed by atoms with Crippen molar-refractivity contribution in [2.75, 3.05) is 11.6 Å². The Labute approximate surface area is 70.0 Å². The first-order valence-corrected chi connectivity index (χ1v) is 4.77. The average molecular weight is 168 g/mol. The fourth-order valence-electron chi connectivity index (χ4n) is 1.40. The molecule has 0 aliphatic carbocycles. The van der Waals surface area contributed by atoms with Crippen LogP contribution in [0.4, 0.5) is 5.69 Å². The third-order valence-electron chi connectivity index (χ3n) is 2.01. The van der Waals surface area contributed by atoms with Crippen LogP contribution in [0.3, 0.4) is 0 Å². The van der Waals surface area contributed by atoms with Crippen molar-refractivity contribution in [1.29, 1.82) is 0 Å². The molecule has 0 saturated heterocycles. The van der Waals surface area contributed by atoms with E-state index in [0.29, 0.717) is 6.54 Å². The maximum absolute atomic E-state index is 11.3. The lowest BCUT2D eigenvalue weighted by molar-refractivity contribution is 0.762. The van der Waals surface area contributed by atoms with E-state index in [9.17, 15) is 5.21 Å². The van der Waals surface area contributed by atoms with E-state index in [1.807, 2.05) is 11.4 Å². The Bertz CT molecular complexity index is 246. The van der Waals surface area contributed by atoms with E-state index in [1.165, 1.54) is 4.88 Å². The maximum Gasteiger partial charge on any atom is 0.0400 e. The minimum atomic E-state index is 0.670. The van der Waals surface area contributed by atoms with Crippen LogP contribution in [0.5, 0.6) is 0 Å². The predicted octanol–water partition coefficient (Wildman–Crippen LogP) is 2.39. The second-order valence-electron chi connectivity index (χ2n) is 2.79. The van der Waals surface area contributed by atoms with E-state index >= 15 is 0 Å². The van der Waals surface area contributed by atoms with E-state index in [-0.39, 0.29) is 0 Å². The molecule has 0 unspecified atom stereocenters. The number of hydroxylamine groups is 1. The van der Waals surface area contributed by atoms with Crippen molar-refractivity contribution >= 4 is 17.0 Å². The highest BCUT2D eigenvalue weighted by Crippen LogP contribution is 2.29. The molecule has 0 N–H and O–H groups in total. The highest BCUT2D eigenvalue weighted by molar-refractivity contribution is 7.10. The van der Waals surface area contributed by atoms with Gasteiger partial charge in [0.2, 0.25) is 0 Å². The first kappa shape index (κ1) is 7.13. The molecule has 3 heteroatoms. The summed E-state index contributed by atoms with van der Waals surface area (Å²) in [6, 6.07) is 1.93. The van der Waals surface area contributed by atoms with Gasteiger partial charge in [-0.2, -0.15) is 0 Å². The smallest absolute Gasteiger partial charge is 0.0400 e. The fourth-order valence-corrected chi connectivity index (χ4v) is 2.32. The van der Waals surface area contributed by atoms with Crippen LogP contribution in [0.15, 0.2) is 11.4 Å². The summed E-state index contributed by atoms with van der Waals surface area (Å²) in [7, 11) is 0. The van der Waals surface area contributed by atoms with Crippen LogP contribution in [-0.4, -0.2) is 6.54 Å². The van der Waals surface area contributed by atoms with Crippen LogP contribution in [0.1, 0.15) is 17.7 Å². The highest BCUT2D eigenvalue weighted by atomic mass is 32.1. The third kappa shape index (κ3) is 1.26. The number of aryl methyl sites for hydroxylation is 1. The zero-order valence-electron chi connectivity index (χ0n) is 6.25. The summed E-state index contributed by atoms with van der Waals surface area (Å²) in [6.45, 7) is 0.670. The van der Waals surface area contributed by atoms with Gasteiger partial charge in [0.05, 0.1) is 0 Å². The molecule has 0 spiro atoms. The van der Waals surface area contributed by atoms with Crippen molar-refractivity contribution in [2.45, 2.75) is 19.3 Å². The molecule has 2 rings (SSSR count). The molecule has 1 aliphatic rings. The molecule has 0 saturated carbocycles. The lowest BCUT2D eigenvalue weighted by atomic mass is 10.2. The number of anilines is 1. The molecule has 0 atom stereocenters. The molecule has 1 aromatic heterocycles. The first-order valence-electron chi connectivity index (χ1n) is 3.89. The van der Waals surface area contributed by atoms with Crippen molar-refractivity contribution in [2.24, 2.45) is 0 Å². The first-order chi connectivity index (χ1) is 5.38. The fraction of sp³-hybridized carbons (Fsp3) is 0.500. The van der Waals surface area contributed by atoms with Gasteiger partial charge in [-0.25, -0.2) is 0 Å². The molecule has 1 aliphatic heterocycles. The van der Waals surface area contributed by atoms with Gasteiger partial charge in [0, 0.05) is 17.1 Å². The molecule has 2 heterocycles. The Kier molecular flexibility index (Phi) is 1.84. The van der Waals surface area contributed by atoms with Gasteiger partial charge >= 0.3 is 0 Å². The van der Waals surface area contributed by atoms with E-state index < -0.39 is 0 Å². The Morgan fingerprint density at radius 2 is 2.36 bits per heavy atom. The Hall–Kier alpha value is -0.540. The van der Waals surface area contributed by atoms with Gasteiger partial charge in [0.15, 0.2) is 0 Å². The zero-order chi connectivity index (χ0) is 7.68. The SMILES string of the molecule is [O-]N1CCCCc2sccc21. The van der Waals surface area contributed by atoms with Gasteiger partial charge in [0.25, 0.3) is 0 Å². The van der Waals surface area contributed by atoms with E-state index in [2.05, 4.69) is 0 Å². The lowest BCUT2D eigenvalue weighted by Crippen LogP contribution is -2.14. The monoisotopic (exact) mass is 168 g/mol. The summed E-state index contributed by atoms with van der Waals surface area (Å²) in [5.74, 6) is 0. The quantitative estimate of drug-likeness (QED) is 0.594. The van der Waals surface area contributed by atoms with Gasteiger partial charge in [-0.15, -0.1) is 11.3 Å². The van der Waals surface area contributed by atoms with Gasteiger partial charge < -0.3 is 10.3 Å². The second-order valence-corrected chi connectivity index (χ2v) is 3.79. The van der Waals surface area contributed by atoms with Crippen molar-refractivity contribution in [1.82, 2.24) is 0 Å². The van der Waals surface area contributed by atoms with Crippen molar-refractivity contribution in [3.63, 3.8) is 0 Å². The summed E-state index contributed by atoms with van der Waals surface area (Å²) < 4.78 is 0. The topological polar surface area (TPSA) is 26.3 Å². The normalized spacial score (nSPS) is 17.7. The summed E-state index contributed by atoms with van der Waals surface area (Å²) in [6.07, 6.45) is 3.28.